The number of fused-ring (bicyclic) bond motifs is 1. The first-order valence-electron chi connectivity index (χ1n) is 6.95. The highest BCUT2D eigenvalue weighted by atomic mass is 16.7. The van der Waals surface area contributed by atoms with Crippen molar-refractivity contribution in [2.75, 3.05) is 6.79 Å². The normalized spacial score (nSPS) is 20.3. The van der Waals surface area contributed by atoms with Gasteiger partial charge in [0.05, 0.1) is 0 Å². The Morgan fingerprint density at radius 2 is 2.11 bits per heavy atom. The Balaban J connectivity index is 1.61. The topological polar surface area (TPSA) is 30.5 Å². The van der Waals surface area contributed by atoms with Crippen molar-refractivity contribution in [3.05, 3.63) is 23.8 Å². The second kappa shape index (κ2) is 5.19. The van der Waals surface area contributed by atoms with E-state index in [0.29, 0.717) is 12.8 Å². The van der Waals surface area contributed by atoms with Gasteiger partial charge in [0.1, 0.15) is 0 Å². The zero-order chi connectivity index (χ0) is 12.4. The molecule has 1 saturated carbocycles. The lowest BCUT2D eigenvalue weighted by atomic mass is 9.99. The van der Waals surface area contributed by atoms with Gasteiger partial charge in [0, 0.05) is 18.2 Å². The fourth-order valence-corrected chi connectivity index (χ4v) is 3.02. The van der Waals surface area contributed by atoms with Crippen LogP contribution in [0, 0.1) is 5.92 Å². The van der Waals surface area contributed by atoms with Crippen molar-refractivity contribution < 1.29 is 9.47 Å². The van der Waals surface area contributed by atoms with Crippen molar-refractivity contribution in [3.8, 4) is 11.5 Å². The molecule has 0 spiro atoms. The lowest BCUT2D eigenvalue weighted by Crippen LogP contribution is -2.31. The monoisotopic (exact) mass is 247 g/mol. The molecule has 1 aliphatic carbocycles. The molecule has 1 heterocycles. The zero-order valence-corrected chi connectivity index (χ0v) is 10.9. The van der Waals surface area contributed by atoms with Gasteiger partial charge in [0.25, 0.3) is 0 Å². The van der Waals surface area contributed by atoms with Crippen molar-refractivity contribution >= 4 is 0 Å². The highest BCUT2D eigenvalue weighted by Crippen LogP contribution is 2.35. The summed E-state index contributed by atoms with van der Waals surface area (Å²) in [5.74, 6) is 2.64. The van der Waals surface area contributed by atoms with Crippen LogP contribution in [-0.4, -0.2) is 12.8 Å². The maximum absolute atomic E-state index is 5.53. The molecule has 1 atom stereocenters. The summed E-state index contributed by atoms with van der Waals surface area (Å²) in [5, 5.41) is 3.64. The first-order chi connectivity index (χ1) is 8.84. The number of ether oxygens (including phenoxy) is 2. The number of rotatable bonds is 4. The third-order valence-electron chi connectivity index (χ3n) is 4.20. The van der Waals surface area contributed by atoms with Gasteiger partial charge in [0.15, 0.2) is 11.5 Å². The van der Waals surface area contributed by atoms with Crippen molar-refractivity contribution in [3.63, 3.8) is 0 Å². The van der Waals surface area contributed by atoms with Crippen LogP contribution in [0.1, 0.15) is 38.2 Å². The summed E-state index contributed by atoms with van der Waals surface area (Å²) in [6, 6.07) is 6.70. The number of nitrogens with one attached hydrogen (secondary N) is 1. The summed E-state index contributed by atoms with van der Waals surface area (Å²) >= 11 is 0. The molecule has 1 fully saturated rings. The molecule has 98 valence electrons. The van der Waals surface area contributed by atoms with Crippen LogP contribution < -0.4 is 14.8 Å². The molecule has 0 saturated heterocycles. The van der Waals surface area contributed by atoms with E-state index in [9.17, 15) is 0 Å². The van der Waals surface area contributed by atoms with Crippen molar-refractivity contribution in [1.29, 1.82) is 0 Å². The van der Waals surface area contributed by atoms with Crippen LogP contribution in [0.25, 0.3) is 0 Å². The molecule has 0 amide bonds. The van der Waals surface area contributed by atoms with E-state index in [-0.39, 0.29) is 0 Å². The van der Waals surface area contributed by atoms with Crippen LogP contribution in [0.4, 0.5) is 0 Å². The zero-order valence-electron chi connectivity index (χ0n) is 10.9. The standard InChI is InChI=1S/C15H21NO2/c1-11(12-5-2-3-6-12)16-9-13-7-4-8-14-15(13)18-10-17-14/h4,7-8,11-12,16H,2-3,5-6,9-10H2,1H3/t11-/m0/s1. The van der Waals surface area contributed by atoms with Gasteiger partial charge >= 0.3 is 0 Å². The SMILES string of the molecule is C[C@H](NCc1cccc2c1OCO2)C1CCCC1. The number of hydrogen-bond donors (Lipinski definition) is 1. The summed E-state index contributed by atoms with van der Waals surface area (Å²) in [7, 11) is 0. The quantitative estimate of drug-likeness (QED) is 0.887. The summed E-state index contributed by atoms with van der Waals surface area (Å²) in [6.45, 7) is 3.52. The van der Waals surface area contributed by atoms with Crippen LogP contribution in [-0.2, 0) is 6.54 Å². The van der Waals surface area contributed by atoms with Gasteiger partial charge in [-0.15, -0.1) is 0 Å². The molecule has 3 nitrogen and oxygen atoms in total. The van der Waals surface area contributed by atoms with Crippen LogP contribution in [0.5, 0.6) is 11.5 Å². The third-order valence-corrected chi connectivity index (χ3v) is 4.20. The molecular weight excluding hydrogens is 226 g/mol. The Morgan fingerprint density at radius 1 is 1.28 bits per heavy atom. The fraction of sp³-hybridized carbons (Fsp3) is 0.600. The van der Waals surface area contributed by atoms with Gasteiger partial charge in [-0.05, 0) is 31.7 Å². The Kier molecular flexibility index (Phi) is 3.41. The van der Waals surface area contributed by atoms with E-state index in [1.54, 1.807) is 0 Å². The maximum Gasteiger partial charge on any atom is 0.231 e. The average Bonchev–Trinajstić information content (AvgIpc) is 3.05. The van der Waals surface area contributed by atoms with Crippen molar-refractivity contribution in [1.82, 2.24) is 5.32 Å². The summed E-state index contributed by atoms with van der Waals surface area (Å²) in [5.41, 5.74) is 1.20. The van der Waals surface area contributed by atoms with Gasteiger partial charge < -0.3 is 14.8 Å². The molecule has 1 N–H and O–H groups in total. The Labute approximate surface area is 108 Å². The largest absolute Gasteiger partial charge is 0.454 e. The van der Waals surface area contributed by atoms with E-state index >= 15 is 0 Å². The van der Waals surface area contributed by atoms with Crippen LogP contribution in [0.2, 0.25) is 0 Å². The van der Waals surface area contributed by atoms with Gasteiger partial charge in [-0.1, -0.05) is 25.0 Å². The van der Waals surface area contributed by atoms with E-state index in [4.69, 9.17) is 9.47 Å². The van der Waals surface area contributed by atoms with E-state index in [2.05, 4.69) is 18.3 Å². The van der Waals surface area contributed by atoms with E-state index in [1.807, 2.05) is 12.1 Å². The average molecular weight is 247 g/mol. The summed E-state index contributed by atoms with van der Waals surface area (Å²) in [4.78, 5) is 0. The Morgan fingerprint density at radius 3 is 2.94 bits per heavy atom. The molecule has 0 radical (unpaired) electrons. The maximum atomic E-state index is 5.53. The first-order valence-corrected chi connectivity index (χ1v) is 6.95. The van der Waals surface area contributed by atoms with E-state index in [0.717, 1.165) is 24.0 Å². The first kappa shape index (κ1) is 11.8. The van der Waals surface area contributed by atoms with Crippen molar-refractivity contribution in [2.24, 2.45) is 5.92 Å². The van der Waals surface area contributed by atoms with Crippen molar-refractivity contribution in [2.45, 2.75) is 45.2 Å². The molecule has 1 aromatic carbocycles. The minimum absolute atomic E-state index is 0.352. The molecule has 0 bridgehead atoms. The molecule has 1 aromatic rings. The molecule has 0 unspecified atom stereocenters. The predicted molar refractivity (Wildman–Crippen MR) is 70.8 cm³/mol. The molecule has 1 aliphatic heterocycles. The molecule has 0 aromatic heterocycles. The second-order valence-electron chi connectivity index (χ2n) is 5.37. The van der Waals surface area contributed by atoms with Gasteiger partial charge in [-0.3, -0.25) is 0 Å². The minimum Gasteiger partial charge on any atom is -0.454 e. The van der Waals surface area contributed by atoms with Gasteiger partial charge in [-0.25, -0.2) is 0 Å². The van der Waals surface area contributed by atoms with Gasteiger partial charge in [-0.2, -0.15) is 0 Å². The summed E-state index contributed by atoms with van der Waals surface area (Å²) in [6.07, 6.45) is 5.55. The fourth-order valence-electron chi connectivity index (χ4n) is 3.02. The van der Waals surface area contributed by atoms with Crippen LogP contribution in [0.3, 0.4) is 0 Å². The molecule has 2 aliphatic rings. The van der Waals surface area contributed by atoms with E-state index in [1.165, 1.54) is 31.2 Å². The minimum atomic E-state index is 0.352. The highest BCUT2D eigenvalue weighted by Gasteiger charge is 2.22. The predicted octanol–water partition coefficient (Wildman–Crippen LogP) is 3.08. The molecular formula is C15H21NO2. The second-order valence-corrected chi connectivity index (χ2v) is 5.37. The molecule has 3 heteroatoms. The third kappa shape index (κ3) is 2.32. The highest BCUT2D eigenvalue weighted by molar-refractivity contribution is 5.48. The Hall–Kier alpha value is -1.22. The lowest BCUT2D eigenvalue weighted by Gasteiger charge is -2.20. The smallest absolute Gasteiger partial charge is 0.231 e. The Bertz CT molecular complexity index is 413. The van der Waals surface area contributed by atoms with E-state index < -0.39 is 0 Å². The van der Waals surface area contributed by atoms with Gasteiger partial charge in [0.2, 0.25) is 6.79 Å². The molecule has 18 heavy (non-hydrogen) atoms. The van der Waals surface area contributed by atoms with Crippen LogP contribution >= 0.6 is 0 Å². The lowest BCUT2D eigenvalue weighted by molar-refractivity contribution is 0.173. The molecule has 3 rings (SSSR count). The number of benzene rings is 1. The summed E-state index contributed by atoms with van der Waals surface area (Å²) < 4.78 is 10.9. The van der Waals surface area contributed by atoms with Crippen LogP contribution in [0.15, 0.2) is 18.2 Å². The number of para-hydroxylation sites is 1. The number of hydrogen-bond acceptors (Lipinski definition) is 3.